The van der Waals surface area contributed by atoms with E-state index in [1.165, 1.54) is 17.7 Å². The van der Waals surface area contributed by atoms with E-state index in [1.54, 1.807) is 18.3 Å². The Morgan fingerprint density at radius 1 is 1.20 bits per heavy atom. The molecule has 0 unspecified atom stereocenters. The maximum atomic E-state index is 5.86. The monoisotopic (exact) mass is 304 g/mol. The zero-order valence-corrected chi connectivity index (χ0v) is 12.0. The van der Waals surface area contributed by atoms with Crippen LogP contribution < -0.4 is 5.32 Å². The highest BCUT2D eigenvalue weighted by atomic mass is 35.5. The molecule has 0 saturated carbocycles. The van der Waals surface area contributed by atoms with Gasteiger partial charge in [-0.2, -0.15) is 4.98 Å². The van der Waals surface area contributed by atoms with Crippen LogP contribution in [0.3, 0.4) is 0 Å². The van der Waals surface area contributed by atoms with Gasteiger partial charge in [-0.25, -0.2) is 19.9 Å². The van der Waals surface area contributed by atoms with Crippen molar-refractivity contribution in [3.8, 4) is 11.4 Å². The fourth-order valence-electron chi connectivity index (χ4n) is 1.54. The Kier molecular flexibility index (Phi) is 3.53. The second-order valence-corrected chi connectivity index (χ2v) is 5.16. The Morgan fingerprint density at radius 2 is 2.10 bits per heavy atom. The number of hydrogen-bond acceptors (Lipinski definition) is 7. The van der Waals surface area contributed by atoms with Crippen molar-refractivity contribution >= 4 is 34.0 Å². The standard InChI is InChI=1S/C12H9ClN6S/c1-7-5-20-12(17-7)19-11-16-6-15-10(18-11)8-2-3-14-9(13)4-8/h2-6H,1H3,(H,15,16,17,18,19). The molecule has 0 aliphatic heterocycles. The van der Waals surface area contributed by atoms with E-state index in [4.69, 9.17) is 11.6 Å². The molecule has 0 radical (unpaired) electrons. The maximum absolute atomic E-state index is 5.86. The highest BCUT2D eigenvalue weighted by molar-refractivity contribution is 7.13. The summed E-state index contributed by atoms with van der Waals surface area (Å²) in [6, 6.07) is 3.49. The van der Waals surface area contributed by atoms with Crippen LogP contribution in [0.15, 0.2) is 30.0 Å². The number of rotatable bonds is 3. The minimum Gasteiger partial charge on any atom is -0.300 e. The van der Waals surface area contributed by atoms with E-state index in [0.717, 1.165) is 16.4 Å². The Bertz CT molecular complexity index is 744. The average Bonchev–Trinajstić information content (AvgIpc) is 2.84. The van der Waals surface area contributed by atoms with Crippen LogP contribution in [0.25, 0.3) is 11.4 Å². The Labute approximate surface area is 124 Å². The van der Waals surface area contributed by atoms with Crippen molar-refractivity contribution < 1.29 is 0 Å². The molecule has 3 heterocycles. The number of thiazole rings is 1. The van der Waals surface area contributed by atoms with E-state index < -0.39 is 0 Å². The summed E-state index contributed by atoms with van der Waals surface area (Å²) in [5.41, 5.74) is 1.73. The van der Waals surface area contributed by atoms with Crippen LogP contribution in [0.2, 0.25) is 5.15 Å². The minimum absolute atomic E-state index is 0.396. The lowest BCUT2D eigenvalue weighted by Crippen LogP contribution is -1.99. The van der Waals surface area contributed by atoms with E-state index in [-0.39, 0.29) is 0 Å². The van der Waals surface area contributed by atoms with E-state index >= 15 is 0 Å². The highest BCUT2D eigenvalue weighted by Crippen LogP contribution is 2.21. The minimum atomic E-state index is 0.396. The molecule has 0 amide bonds. The SMILES string of the molecule is Cc1csc(Nc2ncnc(-c3ccnc(Cl)c3)n2)n1. The topological polar surface area (TPSA) is 76.5 Å². The first-order valence-corrected chi connectivity index (χ1v) is 6.96. The predicted molar refractivity (Wildman–Crippen MR) is 78.2 cm³/mol. The van der Waals surface area contributed by atoms with E-state index in [1.807, 2.05) is 12.3 Å². The number of hydrogen-bond donors (Lipinski definition) is 1. The van der Waals surface area contributed by atoms with E-state index in [9.17, 15) is 0 Å². The molecule has 0 bridgehead atoms. The average molecular weight is 305 g/mol. The summed E-state index contributed by atoms with van der Waals surface area (Å²) in [5.74, 6) is 0.970. The van der Waals surface area contributed by atoms with Crippen molar-refractivity contribution in [3.63, 3.8) is 0 Å². The van der Waals surface area contributed by atoms with Crippen LogP contribution >= 0.6 is 22.9 Å². The van der Waals surface area contributed by atoms with Gasteiger partial charge in [-0.3, -0.25) is 5.32 Å². The van der Waals surface area contributed by atoms with Crippen molar-refractivity contribution in [2.45, 2.75) is 6.92 Å². The summed E-state index contributed by atoms with van der Waals surface area (Å²) in [4.78, 5) is 20.8. The quantitative estimate of drug-likeness (QED) is 0.749. The number of pyridine rings is 1. The van der Waals surface area contributed by atoms with Crippen LogP contribution in [0.5, 0.6) is 0 Å². The third-order valence-corrected chi connectivity index (χ3v) is 3.48. The Morgan fingerprint density at radius 3 is 2.85 bits per heavy atom. The first-order chi connectivity index (χ1) is 9.70. The van der Waals surface area contributed by atoms with Gasteiger partial charge in [0.1, 0.15) is 11.5 Å². The summed E-state index contributed by atoms with van der Waals surface area (Å²) in [5, 5.41) is 6.14. The second-order valence-electron chi connectivity index (χ2n) is 3.92. The van der Waals surface area contributed by atoms with E-state index in [2.05, 4.69) is 30.2 Å². The number of aromatic nitrogens is 5. The van der Waals surface area contributed by atoms with Gasteiger partial charge in [0.2, 0.25) is 5.95 Å². The molecule has 3 aromatic rings. The van der Waals surface area contributed by atoms with Crippen molar-refractivity contribution in [1.29, 1.82) is 0 Å². The third kappa shape index (κ3) is 2.89. The maximum Gasteiger partial charge on any atom is 0.232 e. The molecule has 0 aliphatic carbocycles. The van der Waals surface area contributed by atoms with Gasteiger partial charge in [-0.05, 0) is 19.1 Å². The summed E-state index contributed by atoms with van der Waals surface area (Å²) in [7, 11) is 0. The van der Waals surface area contributed by atoms with Crippen LogP contribution in [0.1, 0.15) is 5.69 Å². The summed E-state index contributed by atoms with van der Waals surface area (Å²) in [6.45, 7) is 1.93. The first kappa shape index (κ1) is 12.9. The van der Waals surface area contributed by atoms with Gasteiger partial charge in [0.15, 0.2) is 11.0 Å². The third-order valence-electron chi connectivity index (χ3n) is 2.39. The lowest BCUT2D eigenvalue weighted by Gasteiger charge is -2.03. The molecule has 3 rings (SSSR count). The molecule has 0 spiro atoms. The first-order valence-electron chi connectivity index (χ1n) is 5.71. The molecule has 0 fully saturated rings. The molecule has 100 valence electrons. The molecule has 6 nitrogen and oxygen atoms in total. The van der Waals surface area contributed by atoms with Gasteiger partial charge >= 0.3 is 0 Å². The van der Waals surface area contributed by atoms with Crippen LogP contribution in [0, 0.1) is 6.92 Å². The molecule has 0 aliphatic rings. The van der Waals surface area contributed by atoms with Crippen molar-refractivity contribution in [2.24, 2.45) is 0 Å². The zero-order valence-electron chi connectivity index (χ0n) is 10.4. The van der Waals surface area contributed by atoms with Gasteiger partial charge < -0.3 is 0 Å². The molecular weight excluding hydrogens is 296 g/mol. The van der Waals surface area contributed by atoms with Gasteiger partial charge in [0, 0.05) is 17.1 Å². The molecule has 3 aromatic heterocycles. The highest BCUT2D eigenvalue weighted by Gasteiger charge is 2.06. The fourth-order valence-corrected chi connectivity index (χ4v) is 2.40. The van der Waals surface area contributed by atoms with Crippen molar-refractivity contribution in [3.05, 3.63) is 40.9 Å². The van der Waals surface area contributed by atoms with Gasteiger partial charge in [-0.15, -0.1) is 11.3 Å². The van der Waals surface area contributed by atoms with Gasteiger partial charge in [0.05, 0.1) is 5.69 Å². The van der Waals surface area contributed by atoms with Gasteiger partial charge in [-0.1, -0.05) is 11.6 Å². The zero-order chi connectivity index (χ0) is 13.9. The van der Waals surface area contributed by atoms with Crippen molar-refractivity contribution in [1.82, 2.24) is 24.9 Å². The normalized spacial score (nSPS) is 10.5. The van der Waals surface area contributed by atoms with Crippen LogP contribution in [0.4, 0.5) is 11.1 Å². The van der Waals surface area contributed by atoms with Gasteiger partial charge in [0.25, 0.3) is 0 Å². The van der Waals surface area contributed by atoms with E-state index in [0.29, 0.717) is 16.9 Å². The molecule has 0 atom stereocenters. The number of nitrogens with zero attached hydrogens (tertiary/aromatic N) is 5. The largest absolute Gasteiger partial charge is 0.300 e. The second kappa shape index (κ2) is 5.48. The molecule has 0 saturated heterocycles. The fraction of sp³-hybridized carbons (Fsp3) is 0.0833. The molecular formula is C12H9ClN6S. The predicted octanol–water partition coefficient (Wildman–Crippen LogP) is 3.10. The number of nitrogens with one attached hydrogen (secondary N) is 1. The smallest absolute Gasteiger partial charge is 0.232 e. The lowest BCUT2D eigenvalue weighted by molar-refractivity contribution is 1.06. The summed E-state index contributed by atoms with van der Waals surface area (Å²) >= 11 is 7.36. The van der Waals surface area contributed by atoms with Crippen LogP contribution in [-0.4, -0.2) is 24.9 Å². The lowest BCUT2D eigenvalue weighted by atomic mass is 10.2. The molecule has 1 N–H and O–H groups in total. The number of halogens is 1. The molecule has 20 heavy (non-hydrogen) atoms. The number of anilines is 2. The molecule has 0 aromatic carbocycles. The Balaban J connectivity index is 1.89. The molecule has 8 heteroatoms. The van der Waals surface area contributed by atoms with Crippen LogP contribution in [-0.2, 0) is 0 Å². The summed E-state index contributed by atoms with van der Waals surface area (Å²) < 4.78 is 0. The summed E-state index contributed by atoms with van der Waals surface area (Å²) in [6.07, 6.45) is 3.05. The number of aryl methyl sites for hydroxylation is 1. The van der Waals surface area contributed by atoms with Crippen molar-refractivity contribution in [2.75, 3.05) is 5.32 Å². The Hall–Kier alpha value is -2.12.